The number of carboxylic acid groups (broad SMARTS) is 1. The molecule has 1 fully saturated rings. The summed E-state index contributed by atoms with van der Waals surface area (Å²) in [5.41, 5.74) is -0.847. The molecule has 0 aliphatic heterocycles. The third kappa shape index (κ3) is 6.59. The van der Waals surface area contributed by atoms with Crippen molar-refractivity contribution in [1.82, 2.24) is 0 Å². The van der Waals surface area contributed by atoms with Crippen LogP contribution in [0.4, 0.5) is 0 Å². The number of aryl methyl sites for hydroxylation is 1. The zero-order valence-corrected chi connectivity index (χ0v) is 22.5. The molecule has 5 nitrogen and oxygen atoms in total. The highest BCUT2D eigenvalue weighted by Crippen LogP contribution is 2.45. The van der Waals surface area contributed by atoms with Crippen LogP contribution >= 0.6 is 46.5 Å². The molecule has 3 N–H and O–H groups in total. The van der Waals surface area contributed by atoms with Crippen LogP contribution in [0, 0.1) is 11.3 Å². The molecular weight excluding hydrogens is 512 g/mol. The lowest BCUT2D eigenvalue weighted by Gasteiger charge is -2.22. The maximum Gasteiger partial charge on any atom is 0.313 e. The van der Waals surface area contributed by atoms with E-state index in [1.807, 2.05) is 24.3 Å². The number of rotatable bonds is 12. The summed E-state index contributed by atoms with van der Waals surface area (Å²) in [5.74, 6) is 0.321. The quantitative estimate of drug-likeness (QED) is 0.247. The van der Waals surface area contributed by atoms with Gasteiger partial charge in [-0.2, -0.15) is 11.8 Å². The zero-order chi connectivity index (χ0) is 24.9. The summed E-state index contributed by atoms with van der Waals surface area (Å²) in [4.78, 5) is 24.6. The first kappa shape index (κ1) is 27.6. The summed E-state index contributed by atoms with van der Waals surface area (Å²) in [6.07, 6.45) is 3.91. The molecule has 2 aromatic rings. The lowest BCUT2D eigenvalue weighted by Crippen LogP contribution is -2.31. The predicted molar refractivity (Wildman–Crippen MR) is 144 cm³/mol. The van der Waals surface area contributed by atoms with Crippen LogP contribution in [-0.4, -0.2) is 61.8 Å². The summed E-state index contributed by atoms with van der Waals surface area (Å²) in [7, 11) is 0. The SMILES string of the molecule is CC1(C)C(=O)[C@@H](SCCCSCC(=O)O)[C@H](/C=C/C(O)CCc2sc3ccccc3c2Cl)[C@@H]1O. The number of ketones is 1. The normalized spacial score (nSPS) is 23.2. The van der Waals surface area contributed by atoms with E-state index < -0.39 is 23.6 Å². The number of thiophene rings is 1. The van der Waals surface area contributed by atoms with E-state index in [9.17, 15) is 19.8 Å². The summed E-state index contributed by atoms with van der Waals surface area (Å²) in [6, 6.07) is 7.97. The average molecular weight is 543 g/mol. The highest BCUT2D eigenvalue weighted by atomic mass is 35.5. The fourth-order valence-electron chi connectivity index (χ4n) is 4.11. The summed E-state index contributed by atoms with van der Waals surface area (Å²) in [5, 5.41) is 31.5. The number of benzene rings is 1. The Kier molecular flexibility index (Phi) is 9.95. The molecule has 0 bridgehead atoms. The Morgan fingerprint density at radius 2 is 2.03 bits per heavy atom. The molecular formula is C25H31ClO5S3. The predicted octanol–water partition coefficient (Wildman–Crippen LogP) is 5.30. The van der Waals surface area contributed by atoms with Crippen molar-refractivity contribution in [3.05, 3.63) is 46.3 Å². The molecule has 186 valence electrons. The van der Waals surface area contributed by atoms with E-state index >= 15 is 0 Å². The van der Waals surface area contributed by atoms with Crippen LogP contribution in [0.25, 0.3) is 10.1 Å². The molecule has 0 radical (unpaired) electrons. The Morgan fingerprint density at radius 3 is 2.74 bits per heavy atom. The number of carbonyl (C=O) groups is 2. The van der Waals surface area contributed by atoms with Crippen LogP contribution in [0.2, 0.25) is 5.02 Å². The Morgan fingerprint density at radius 1 is 1.29 bits per heavy atom. The molecule has 3 rings (SSSR count). The number of aliphatic carboxylic acids is 1. The number of carboxylic acids is 1. The lowest BCUT2D eigenvalue weighted by molar-refractivity contribution is -0.134. The number of carbonyl (C=O) groups excluding carboxylic acids is 1. The molecule has 1 aliphatic rings. The van der Waals surface area contributed by atoms with Crippen molar-refractivity contribution in [1.29, 1.82) is 0 Å². The number of thioether (sulfide) groups is 2. The maximum absolute atomic E-state index is 13.0. The first-order valence-electron chi connectivity index (χ1n) is 11.3. The van der Waals surface area contributed by atoms with Gasteiger partial charge in [-0.05, 0) is 36.8 Å². The Balaban J connectivity index is 1.57. The number of Topliss-reactive ketones (excluding diaryl/α,β-unsaturated/α-hetero) is 1. The summed E-state index contributed by atoms with van der Waals surface area (Å²) < 4.78 is 1.13. The van der Waals surface area contributed by atoms with E-state index in [0.717, 1.165) is 26.4 Å². The number of halogens is 1. The molecule has 1 aromatic heterocycles. The molecule has 34 heavy (non-hydrogen) atoms. The van der Waals surface area contributed by atoms with E-state index in [4.69, 9.17) is 16.7 Å². The number of aliphatic hydroxyl groups is 2. The Bertz CT molecular complexity index is 1030. The highest BCUT2D eigenvalue weighted by Gasteiger charge is 2.53. The van der Waals surface area contributed by atoms with Crippen LogP contribution in [0.5, 0.6) is 0 Å². The molecule has 0 saturated heterocycles. The second-order valence-electron chi connectivity index (χ2n) is 9.03. The van der Waals surface area contributed by atoms with Gasteiger partial charge >= 0.3 is 5.97 Å². The van der Waals surface area contributed by atoms with Gasteiger partial charge in [-0.25, -0.2) is 0 Å². The highest BCUT2D eigenvalue weighted by molar-refractivity contribution is 8.01. The van der Waals surface area contributed by atoms with E-state index in [1.54, 1.807) is 37.3 Å². The number of hydrogen-bond donors (Lipinski definition) is 3. The van der Waals surface area contributed by atoms with Crippen LogP contribution in [0.3, 0.4) is 0 Å². The largest absolute Gasteiger partial charge is 0.481 e. The van der Waals surface area contributed by atoms with Gasteiger partial charge in [-0.3, -0.25) is 9.59 Å². The minimum atomic E-state index is -0.847. The van der Waals surface area contributed by atoms with Crippen LogP contribution in [-0.2, 0) is 16.0 Å². The molecule has 4 atom stereocenters. The molecule has 1 aromatic carbocycles. The van der Waals surface area contributed by atoms with Gasteiger partial charge in [0.15, 0.2) is 5.78 Å². The van der Waals surface area contributed by atoms with Gasteiger partial charge in [0.1, 0.15) is 0 Å². The Labute approximate surface area is 218 Å². The maximum atomic E-state index is 13.0. The van der Waals surface area contributed by atoms with Gasteiger partial charge in [0.05, 0.1) is 33.6 Å². The van der Waals surface area contributed by atoms with Crippen molar-refractivity contribution >= 4 is 68.3 Å². The summed E-state index contributed by atoms with van der Waals surface area (Å²) in [6.45, 7) is 3.54. The monoisotopic (exact) mass is 542 g/mol. The summed E-state index contributed by atoms with van der Waals surface area (Å²) >= 11 is 11.0. The van der Waals surface area contributed by atoms with Crippen molar-refractivity contribution in [2.75, 3.05) is 17.3 Å². The molecule has 0 spiro atoms. The second kappa shape index (κ2) is 12.3. The van der Waals surface area contributed by atoms with Crippen molar-refractivity contribution in [2.24, 2.45) is 11.3 Å². The minimum Gasteiger partial charge on any atom is -0.481 e. The van der Waals surface area contributed by atoms with Crippen molar-refractivity contribution in [3.8, 4) is 0 Å². The van der Waals surface area contributed by atoms with Gasteiger partial charge in [0.2, 0.25) is 0 Å². The number of aliphatic hydroxyl groups excluding tert-OH is 2. The van der Waals surface area contributed by atoms with Gasteiger partial charge in [-0.1, -0.05) is 55.8 Å². The molecule has 1 saturated carbocycles. The van der Waals surface area contributed by atoms with E-state index in [2.05, 4.69) is 0 Å². The van der Waals surface area contributed by atoms with Crippen LogP contribution in [0.1, 0.15) is 31.6 Å². The smallest absolute Gasteiger partial charge is 0.313 e. The van der Waals surface area contributed by atoms with Crippen molar-refractivity contribution in [2.45, 2.75) is 50.6 Å². The molecule has 9 heteroatoms. The topological polar surface area (TPSA) is 94.8 Å². The van der Waals surface area contributed by atoms with Gasteiger partial charge in [0, 0.05) is 20.9 Å². The average Bonchev–Trinajstić information content (AvgIpc) is 3.20. The van der Waals surface area contributed by atoms with E-state index in [-0.39, 0.29) is 22.7 Å². The second-order valence-corrected chi connectivity index (χ2v) is 12.9. The zero-order valence-electron chi connectivity index (χ0n) is 19.3. The van der Waals surface area contributed by atoms with Crippen molar-refractivity contribution < 1.29 is 24.9 Å². The molecule has 1 heterocycles. The molecule has 0 amide bonds. The standard InChI is InChI=1S/C25H31ClO5S3/c1-25(2)23(30)17(22(24(25)31)33-13-5-12-32-14-20(28)29)10-8-15(27)9-11-19-21(26)16-6-3-4-7-18(16)34-19/h3-4,6-8,10,15,17,22-23,27,30H,5,9,11-14H2,1-2H3,(H,28,29)/b10-8+/t15?,17-,22-,23-/m0/s1. The van der Waals surface area contributed by atoms with Gasteiger partial charge in [0.25, 0.3) is 0 Å². The van der Waals surface area contributed by atoms with Crippen LogP contribution in [0.15, 0.2) is 36.4 Å². The van der Waals surface area contributed by atoms with Gasteiger partial charge in [-0.15, -0.1) is 23.1 Å². The molecule has 1 aliphatic carbocycles. The third-order valence-corrected chi connectivity index (χ3v) is 10.3. The first-order valence-corrected chi connectivity index (χ1v) is 14.7. The fourth-order valence-corrected chi connectivity index (χ4v) is 7.99. The third-order valence-electron chi connectivity index (χ3n) is 6.13. The number of fused-ring (bicyclic) bond motifs is 1. The fraction of sp³-hybridized carbons (Fsp3) is 0.520. The van der Waals surface area contributed by atoms with Crippen molar-refractivity contribution in [3.63, 3.8) is 0 Å². The van der Waals surface area contributed by atoms with Gasteiger partial charge < -0.3 is 15.3 Å². The molecule has 1 unspecified atom stereocenters. The minimum absolute atomic E-state index is 0.0180. The van der Waals surface area contributed by atoms with E-state index in [1.165, 1.54) is 23.5 Å². The first-order chi connectivity index (χ1) is 16.1. The van der Waals surface area contributed by atoms with Crippen LogP contribution < -0.4 is 0 Å². The van der Waals surface area contributed by atoms with E-state index in [0.29, 0.717) is 24.3 Å². The Hall–Kier alpha value is -1.03. The lowest BCUT2D eigenvalue weighted by atomic mass is 9.86. The number of hydrogen-bond acceptors (Lipinski definition) is 7.